The Kier molecular flexibility index (Phi) is 2.71. The second-order valence-corrected chi connectivity index (χ2v) is 3.18. The van der Waals surface area contributed by atoms with Crippen LogP contribution in [0.25, 0.3) is 10.9 Å². The summed E-state index contributed by atoms with van der Waals surface area (Å²) in [6, 6.07) is 1.62. The third-order valence-corrected chi connectivity index (χ3v) is 2.16. The highest BCUT2D eigenvalue weighted by molar-refractivity contribution is 5.75. The Balaban J connectivity index is 2.51. The summed E-state index contributed by atoms with van der Waals surface area (Å²) in [4.78, 5) is 19.8. The number of pyridine rings is 1. The third-order valence-electron chi connectivity index (χ3n) is 2.16. The van der Waals surface area contributed by atoms with Gasteiger partial charge in [0.2, 0.25) is 0 Å². The molecule has 4 nitrogen and oxygen atoms in total. The number of aromatic nitrogens is 3. The lowest BCUT2D eigenvalue weighted by Crippen LogP contribution is -2.20. The molecule has 78 valence electrons. The predicted molar refractivity (Wildman–Crippen MR) is 54.4 cm³/mol. The zero-order valence-corrected chi connectivity index (χ0v) is 8.06. The van der Waals surface area contributed by atoms with Crippen LogP contribution >= 0.6 is 0 Å². The normalized spacial score (nSPS) is 10.7. The van der Waals surface area contributed by atoms with Crippen LogP contribution in [0.15, 0.2) is 29.6 Å². The summed E-state index contributed by atoms with van der Waals surface area (Å²) in [5, 5.41) is 0.520. The lowest BCUT2D eigenvalue weighted by Gasteiger charge is -2.03. The molecule has 0 fully saturated rings. The maximum Gasteiger partial charge on any atom is 0.261 e. The van der Waals surface area contributed by atoms with Crippen molar-refractivity contribution in [2.45, 2.75) is 13.0 Å². The predicted octanol–water partition coefficient (Wildman–Crippen LogP) is 1.15. The van der Waals surface area contributed by atoms with Crippen molar-refractivity contribution >= 4 is 10.9 Å². The molecule has 0 unspecified atom stereocenters. The van der Waals surface area contributed by atoms with Crippen molar-refractivity contribution in [3.63, 3.8) is 0 Å². The Bertz CT molecular complexity index is 523. The van der Waals surface area contributed by atoms with E-state index in [0.717, 1.165) is 0 Å². The number of alkyl halides is 1. The topological polar surface area (TPSA) is 47.8 Å². The molecule has 0 saturated carbocycles. The maximum atomic E-state index is 12.0. The Hall–Kier alpha value is -1.78. The molecule has 0 spiro atoms. The highest BCUT2D eigenvalue weighted by atomic mass is 19.1. The van der Waals surface area contributed by atoms with Gasteiger partial charge >= 0.3 is 0 Å². The molecule has 0 aliphatic carbocycles. The van der Waals surface area contributed by atoms with Crippen LogP contribution in [0.2, 0.25) is 0 Å². The summed E-state index contributed by atoms with van der Waals surface area (Å²) >= 11 is 0. The first kappa shape index (κ1) is 9.76. The second kappa shape index (κ2) is 4.16. The third kappa shape index (κ3) is 1.86. The second-order valence-electron chi connectivity index (χ2n) is 3.18. The Morgan fingerprint density at radius 1 is 1.47 bits per heavy atom. The lowest BCUT2D eigenvalue weighted by molar-refractivity contribution is 0.443. The summed E-state index contributed by atoms with van der Waals surface area (Å²) in [6.07, 6.45) is 4.85. The summed E-state index contributed by atoms with van der Waals surface area (Å²) in [5.41, 5.74) is 0.426. The SMILES string of the molecule is O=c1c2ccncc2ncn1CCCF. The minimum absolute atomic E-state index is 0.143. The van der Waals surface area contributed by atoms with Gasteiger partial charge in [-0.15, -0.1) is 0 Å². The van der Waals surface area contributed by atoms with Crippen LogP contribution in [-0.4, -0.2) is 21.2 Å². The number of hydrogen-bond donors (Lipinski definition) is 0. The maximum absolute atomic E-state index is 12.0. The Labute approximate surface area is 85.4 Å². The van der Waals surface area contributed by atoms with Crippen LogP contribution in [-0.2, 0) is 6.54 Å². The zero-order chi connectivity index (χ0) is 10.7. The van der Waals surface area contributed by atoms with Gasteiger partial charge in [0.05, 0.1) is 30.1 Å². The molecule has 0 amide bonds. The van der Waals surface area contributed by atoms with Gasteiger partial charge in [-0.3, -0.25) is 18.7 Å². The zero-order valence-electron chi connectivity index (χ0n) is 8.06. The first-order valence-corrected chi connectivity index (χ1v) is 4.68. The van der Waals surface area contributed by atoms with Crippen molar-refractivity contribution in [2.24, 2.45) is 0 Å². The van der Waals surface area contributed by atoms with Gasteiger partial charge in [0.15, 0.2) is 0 Å². The average Bonchev–Trinajstić information content (AvgIpc) is 2.29. The molecule has 15 heavy (non-hydrogen) atoms. The van der Waals surface area contributed by atoms with E-state index < -0.39 is 6.67 Å². The first-order chi connectivity index (χ1) is 7.33. The fourth-order valence-electron chi connectivity index (χ4n) is 1.40. The largest absolute Gasteiger partial charge is 0.299 e. The molecule has 0 aliphatic heterocycles. The minimum atomic E-state index is -0.430. The van der Waals surface area contributed by atoms with Gasteiger partial charge in [-0.2, -0.15) is 0 Å². The molecular weight excluding hydrogens is 197 g/mol. The van der Waals surface area contributed by atoms with E-state index in [2.05, 4.69) is 9.97 Å². The van der Waals surface area contributed by atoms with E-state index in [1.54, 1.807) is 12.3 Å². The van der Waals surface area contributed by atoms with E-state index >= 15 is 0 Å². The van der Waals surface area contributed by atoms with Gasteiger partial charge < -0.3 is 0 Å². The molecule has 0 aromatic carbocycles. The summed E-state index contributed by atoms with van der Waals surface area (Å²) in [5.74, 6) is 0. The molecule has 0 N–H and O–H groups in total. The van der Waals surface area contributed by atoms with Crippen LogP contribution in [0, 0.1) is 0 Å². The van der Waals surface area contributed by atoms with E-state index in [-0.39, 0.29) is 5.56 Å². The van der Waals surface area contributed by atoms with Crippen LogP contribution < -0.4 is 5.56 Å². The van der Waals surface area contributed by atoms with E-state index in [9.17, 15) is 9.18 Å². The number of halogens is 1. The number of aryl methyl sites for hydroxylation is 1. The molecule has 2 heterocycles. The Morgan fingerprint density at radius 2 is 2.33 bits per heavy atom. The number of rotatable bonds is 3. The molecule has 2 rings (SSSR count). The van der Waals surface area contributed by atoms with Crippen LogP contribution in [0.4, 0.5) is 4.39 Å². The number of hydrogen-bond acceptors (Lipinski definition) is 3. The average molecular weight is 207 g/mol. The number of nitrogens with zero attached hydrogens (tertiary/aromatic N) is 3. The molecule has 0 aliphatic rings. The Morgan fingerprint density at radius 3 is 3.13 bits per heavy atom. The van der Waals surface area contributed by atoms with Crippen molar-refractivity contribution in [3.8, 4) is 0 Å². The summed E-state index contributed by atoms with van der Waals surface area (Å²) in [6.45, 7) is -0.0680. The molecule has 0 bridgehead atoms. The standard InChI is InChI=1S/C10H10FN3O/c11-3-1-5-14-7-13-9-6-12-4-2-8(9)10(14)15/h2,4,6-7H,1,3,5H2. The van der Waals surface area contributed by atoms with E-state index in [4.69, 9.17) is 0 Å². The van der Waals surface area contributed by atoms with E-state index in [1.807, 2.05) is 0 Å². The smallest absolute Gasteiger partial charge is 0.261 e. The molecular formula is C10H10FN3O. The van der Waals surface area contributed by atoms with Gasteiger partial charge in [0, 0.05) is 12.7 Å². The molecule has 0 atom stereocenters. The summed E-state index contributed by atoms with van der Waals surface area (Å²) in [7, 11) is 0. The van der Waals surface area contributed by atoms with Crippen LogP contribution in [0.5, 0.6) is 0 Å². The van der Waals surface area contributed by atoms with Crippen molar-refractivity contribution in [3.05, 3.63) is 35.1 Å². The molecule has 5 heteroatoms. The quantitative estimate of drug-likeness (QED) is 0.758. The molecule has 0 saturated heterocycles. The molecule has 0 radical (unpaired) electrons. The minimum Gasteiger partial charge on any atom is -0.299 e. The van der Waals surface area contributed by atoms with Gasteiger partial charge in [-0.25, -0.2) is 4.98 Å². The first-order valence-electron chi connectivity index (χ1n) is 4.68. The summed E-state index contributed by atoms with van der Waals surface area (Å²) < 4.78 is 13.4. The van der Waals surface area contributed by atoms with Gasteiger partial charge in [-0.1, -0.05) is 0 Å². The van der Waals surface area contributed by atoms with Gasteiger partial charge in [0.25, 0.3) is 5.56 Å². The molecule has 2 aromatic rings. The van der Waals surface area contributed by atoms with Crippen LogP contribution in [0.3, 0.4) is 0 Å². The highest BCUT2D eigenvalue weighted by Gasteiger charge is 2.02. The van der Waals surface area contributed by atoms with Gasteiger partial charge in [0.1, 0.15) is 0 Å². The van der Waals surface area contributed by atoms with Crippen molar-refractivity contribution in [2.75, 3.05) is 6.67 Å². The van der Waals surface area contributed by atoms with Crippen molar-refractivity contribution in [1.29, 1.82) is 0 Å². The number of fused-ring (bicyclic) bond motifs is 1. The van der Waals surface area contributed by atoms with E-state index in [0.29, 0.717) is 23.9 Å². The fraction of sp³-hybridized carbons (Fsp3) is 0.300. The fourth-order valence-corrected chi connectivity index (χ4v) is 1.40. The van der Waals surface area contributed by atoms with Gasteiger partial charge in [-0.05, 0) is 12.5 Å². The van der Waals surface area contributed by atoms with Crippen LogP contribution in [0.1, 0.15) is 6.42 Å². The van der Waals surface area contributed by atoms with Crippen molar-refractivity contribution in [1.82, 2.24) is 14.5 Å². The monoisotopic (exact) mass is 207 g/mol. The lowest BCUT2D eigenvalue weighted by atomic mass is 10.3. The highest BCUT2D eigenvalue weighted by Crippen LogP contribution is 2.02. The molecule has 2 aromatic heterocycles. The van der Waals surface area contributed by atoms with Crippen molar-refractivity contribution < 1.29 is 4.39 Å². The van der Waals surface area contributed by atoms with E-state index in [1.165, 1.54) is 17.1 Å².